The first-order valence-corrected chi connectivity index (χ1v) is 41.4. The molecule has 0 aromatic rings. The lowest BCUT2D eigenvalue weighted by molar-refractivity contribution is -0.161. The van der Waals surface area contributed by atoms with Crippen LogP contribution in [0.4, 0.5) is 0 Å². The Labute approximate surface area is 616 Å². The summed E-state index contributed by atoms with van der Waals surface area (Å²) in [5, 5.41) is 10.6. The number of carbonyl (C=O) groups is 4. The zero-order valence-corrected chi connectivity index (χ0v) is 64.8. The van der Waals surface area contributed by atoms with Gasteiger partial charge in [0.05, 0.1) is 32.8 Å². The van der Waals surface area contributed by atoms with Crippen LogP contribution in [0.15, 0.2) is 170 Å². The predicted octanol–water partition coefficient (Wildman–Crippen LogP) is 22.2. The minimum atomic E-state index is -5.01. The summed E-state index contributed by atoms with van der Waals surface area (Å²) in [5.74, 6) is -2.42. The zero-order chi connectivity index (χ0) is 74.6. The quantitative estimate of drug-likeness (QED) is 0.0169. The lowest BCUT2D eigenvalue weighted by Crippen LogP contribution is -2.30. The van der Waals surface area contributed by atoms with Crippen molar-refractivity contribution < 1.29 is 80.2 Å². The number of esters is 4. The van der Waals surface area contributed by atoms with Crippen LogP contribution in [0.3, 0.4) is 0 Å². The van der Waals surface area contributed by atoms with Gasteiger partial charge in [0, 0.05) is 19.3 Å². The molecule has 5 unspecified atom stereocenters. The van der Waals surface area contributed by atoms with Gasteiger partial charge in [-0.3, -0.25) is 37.3 Å². The van der Waals surface area contributed by atoms with Gasteiger partial charge in [-0.1, -0.05) is 281 Å². The fraction of sp³-hybridized carbons (Fsp3) is 0.614. The van der Waals surface area contributed by atoms with Crippen LogP contribution < -0.4 is 0 Å². The Balaban J connectivity index is 5.48. The van der Waals surface area contributed by atoms with Crippen LogP contribution >= 0.6 is 15.6 Å². The van der Waals surface area contributed by atoms with Crippen molar-refractivity contribution in [1.29, 1.82) is 0 Å². The van der Waals surface area contributed by atoms with Gasteiger partial charge in [-0.2, -0.15) is 0 Å². The van der Waals surface area contributed by atoms with E-state index in [4.69, 9.17) is 37.0 Å². The highest BCUT2D eigenvalue weighted by Gasteiger charge is 2.30. The molecule has 102 heavy (non-hydrogen) atoms. The molecule has 0 aliphatic rings. The number of ether oxygens (including phenoxy) is 4. The molecule has 19 heteroatoms. The number of carbonyl (C=O) groups excluding carboxylic acids is 4. The number of aliphatic hydroxyl groups is 1. The van der Waals surface area contributed by atoms with E-state index in [0.29, 0.717) is 32.1 Å². The third-order valence-corrected chi connectivity index (χ3v) is 17.1. The minimum absolute atomic E-state index is 0.0169. The summed E-state index contributed by atoms with van der Waals surface area (Å²) >= 11 is 0. The van der Waals surface area contributed by atoms with Crippen molar-refractivity contribution in [1.82, 2.24) is 0 Å². The van der Waals surface area contributed by atoms with Gasteiger partial charge in [0.1, 0.15) is 19.3 Å². The molecule has 0 heterocycles. The van der Waals surface area contributed by atoms with Gasteiger partial charge in [-0.25, -0.2) is 9.13 Å². The van der Waals surface area contributed by atoms with Gasteiger partial charge in [0.2, 0.25) is 0 Å². The molecule has 0 spiro atoms. The van der Waals surface area contributed by atoms with Crippen molar-refractivity contribution in [2.75, 3.05) is 39.6 Å². The Morgan fingerprint density at radius 1 is 0.294 bits per heavy atom. The second-order valence-corrected chi connectivity index (χ2v) is 27.7. The molecule has 17 nitrogen and oxygen atoms in total. The van der Waals surface area contributed by atoms with Crippen LogP contribution in [0.2, 0.25) is 0 Å². The van der Waals surface area contributed by atoms with Crippen LogP contribution in [-0.4, -0.2) is 96.7 Å². The van der Waals surface area contributed by atoms with Crippen LogP contribution in [0.5, 0.6) is 0 Å². The lowest BCUT2D eigenvalue weighted by atomic mass is 10.0. The molecular weight excluding hydrogens is 1330 g/mol. The Morgan fingerprint density at radius 2 is 0.549 bits per heavy atom. The highest BCUT2D eigenvalue weighted by atomic mass is 31.2. The fourth-order valence-electron chi connectivity index (χ4n) is 9.49. The first-order chi connectivity index (χ1) is 49.7. The summed E-state index contributed by atoms with van der Waals surface area (Å²) in [4.78, 5) is 72.8. The summed E-state index contributed by atoms with van der Waals surface area (Å²) in [6.45, 7) is 4.30. The first kappa shape index (κ1) is 96.4. The molecule has 0 aliphatic heterocycles. The zero-order valence-electron chi connectivity index (χ0n) is 63.0. The number of hydrogen-bond donors (Lipinski definition) is 3. The maximum absolute atomic E-state index is 13.1. The maximum atomic E-state index is 13.1. The Morgan fingerprint density at radius 3 is 0.892 bits per heavy atom. The van der Waals surface area contributed by atoms with E-state index in [1.165, 1.54) is 51.4 Å². The average Bonchev–Trinajstić information content (AvgIpc) is 0.908. The number of phosphoric acid groups is 2. The maximum Gasteiger partial charge on any atom is 0.472 e. The summed E-state index contributed by atoms with van der Waals surface area (Å²) in [5.41, 5.74) is 0. The summed E-state index contributed by atoms with van der Waals surface area (Å²) in [6.07, 6.45) is 86.7. The first-order valence-electron chi connectivity index (χ1n) is 38.4. The van der Waals surface area contributed by atoms with Gasteiger partial charge in [-0.15, -0.1) is 0 Å². The molecular formula is C83H134O17P2. The summed E-state index contributed by atoms with van der Waals surface area (Å²) in [7, 11) is -10.0. The van der Waals surface area contributed by atoms with Gasteiger partial charge in [0.15, 0.2) is 12.2 Å². The molecule has 0 rings (SSSR count). The van der Waals surface area contributed by atoms with Crippen molar-refractivity contribution in [3.05, 3.63) is 170 Å². The van der Waals surface area contributed by atoms with Crippen LogP contribution in [0.25, 0.3) is 0 Å². The largest absolute Gasteiger partial charge is 0.472 e. The second-order valence-electron chi connectivity index (χ2n) is 24.8. The molecule has 0 radical (unpaired) electrons. The molecule has 0 bridgehead atoms. The predicted molar refractivity (Wildman–Crippen MR) is 417 cm³/mol. The summed E-state index contributed by atoms with van der Waals surface area (Å²) < 4.78 is 68.3. The molecule has 0 fully saturated rings. The molecule has 5 atom stereocenters. The van der Waals surface area contributed by atoms with Gasteiger partial charge in [0.25, 0.3) is 0 Å². The molecule has 3 N–H and O–H groups in total. The SMILES string of the molecule is CC/C=C\C/C=C\C/C=C\C/C=C\C/C=C\CCCCCC(=O)OCC(COP(=O)(O)OCC(O)COP(=O)(O)OCC(COC(=O)C/C=C\C/C=C\C/C=C\C/C=C\C/C=C\CC)OC(=O)CCCC/C=C\C/C=C\C/C=C\C/C=C\CC)OC(=O)CCCCCCCCCCCCCCC. The number of hydrogen-bond acceptors (Lipinski definition) is 15. The Hall–Kier alpha value is -5.58. The van der Waals surface area contributed by atoms with Crippen molar-refractivity contribution in [3.63, 3.8) is 0 Å². The van der Waals surface area contributed by atoms with E-state index in [2.05, 4.69) is 167 Å². The van der Waals surface area contributed by atoms with Gasteiger partial charge < -0.3 is 33.8 Å². The standard InChI is InChI=1S/C83H134O17P2/c1-5-9-13-17-21-25-29-33-36-37-38-39-42-45-48-52-56-60-64-68-81(86)94-73-78(99-82(87)69-65-61-57-53-49-43-32-28-24-20-16-12-8-4)75-97-101(89,90)95-71-77(84)72-96-102(91,92)98-76-79(100-83(88)70-66-62-58-54-50-46-41-35-31-27-23-19-15-11-7-3)74-93-80(85)67-63-59-55-51-47-44-40-34-30-26-22-18-14-10-6-2/h9-11,13-15,21-23,25-27,33-36,38-41,45,47-48,50-51,54,59,63,77-79,84H,5-8,12,16-20,24,28-32,37,42-44,46,49,52-53,55-58,60-62,64-76H2,1-4H3,(H,89,90)(H,91,92)/b13-9-,14-10-,15-11-,25-21-,26-22-,27-23-,36-33-,39-38-,40-34-,41-35-,48-45-,51-47-,54-50-,63-59-. The molecule has 0 saturated carbocycles. The molecule has 0 amide bonds. The van der Waals surface area contributed by atoms with Crippen molar-refractivity contribution in [2.45, 2.75) is 290 Å². The minimum Gasteiger partial charge on any atom is -0.462 e. The molecule has 0 aromatic heterocycles. The van der Waals surface area contributed by atoms with E-state index in [0.717, 1.165) is 135 Å². The van der Waals surface area contributed by atoms with Gasteiger partial charge >= 0.3 is 39.5 Å². The van der Waals surface area contributed by atoms with Crippen molar-refractivity contribution in [2.24, 2.45) is 0 Å². The van der Waals surface area contributed by atoms with E-state index >= 15 is 0 Å². The normalized spacial score (nSPS) is 14.9. The molecule has 578 valence electrons. The Bertz CT molecular complexity index is 2600. The highest BCUT2D eigenvalue weighted by Crippen LogP contribution is 2.45. The van der Waals surface area contributed by atoms with Crippen LogP contribution in [0.1, 0.15) is 272 Å². The number of phosphoric ester groups is 2. The summed E-state index contributed by atoms with van der Waals surface area (Å²) in [6, 6.07) is 0. The lowest BCUT2D eigenvalue weighted by Gasteiger charge is -2.21. The average molecular weight is 1470 g/mol. The van der Waals surface area contributed by atoms with E-state index in [1.54, 1.807) is 6.08 Å². The van der Waals surface area contributed by atoms with E-state index in [9.17, 15) is 43.2 Å². The van der Waals surface area contributed by atoms with Crippen molar-refractivity contribution in [3.8, 4) is 0 Å². The third kappa shape index (κ3) is 72.8. The third-order valence-electron chi connectivity index (χ3n) is 15.2. The number of allylic oxidation sites excluding steroid dienone is 27. The molecule has 0 aliphatic carbocycles. The topological polar surface area (TPSA) is 237 Å². The van der Waals surface area contributed by atoms with Gasteiger partial charge in [-0.05, 0) is 135 Å². The van der Waals surface area contributed by atoms with E-state index < -0.39 is 97.5 Å². The second kappa shape index (κ2) is 73.7. The smallest absolute Gasteiger partial charge is 0.462 e. The van der Waals surface area contributed by atoms with Crippen molar-refractivity contribution >= 4 is 39.5 Å². The van der Waals surface area contributed by atoms with Crippen LogP contribution in [-0.2, 0) is 65.4 Å². The number of rotatable bonds is 70. The van der Waals surface area contributed by atoms with Crippen LogP contribution in [0, 0.1) is 0 Å². The molecule has 0 aromatic carbocycles. The highest BCUT2D eigenvalue weighted by molar-refractivity contribution is 7.47. The molecule has 0 saturated heterocycles. The Kier molecular flexibility index (Phi) is 69.7. The van der Waals surface area contributed by atoms with E-state index in [1.807, 2.05) is 24.3 Å². The fourth-order valence-corrected chi connectivity index (χ4v) is 11.1. The number of aliphatic hydroxyl groups excluding tert-OH is 1. The monoisotopic (exact) mass is 1460 g/mol. The number of unbranched alkanes of at least 4 members (excludes halogenated alkanes) is 17. The van der Waals surface area contributed by atoms with E-state index in [-0.39, 0.29) is 25.7 Å².